The Morgan fingerprint density at radius 3 is 2.94 bits per heavy atom. The molecule has 1 aliphatic carbocycles. The zero-order chi connectivity index (χ0) is 12.4. The molecule has 0 saturated heterocycles. The van der Waals surface area contributed by atoms with Gasteiger partial charge in [0.05, 0.1) is 6.10 Å². The summed E-state index contributed by atoms with van der Waals surface area (Å²) in [4.78, 5) is 15.8. The quantitative estimate of drug-likeness (QED) is 0.802. The molecule has 1 aromatic rings. The van der Waals surface area contributed by atoms with Crippen molar-refractivity contribution in [1.29, 1.82) is 0 Å². The van der Waals surface area contributed by atoms with Crippen molar-refractivity contribution in [3.63, 3.8) is 0 Å². The maximum atomic E-state index is 11.8. The molecule has 1 aliphatic rings. The molecule has 2 N–H and O–H groups in total. The van der Waals surface area contributed by atoms with Crippen molar-refractivity contribution in [2.75, 3.05) is 6.54 Å². The zero-order valence-corrected chi connectivity index (χ0v) is 10.4. The second-order valence-corrected chi connectivity index (χ2v) is 4.82. The number of aliphatic hydroxyl groups excluding tert-OH is 1. The Hall–Kier alpha value is -1.13. The first-order valence-electron chi connectivity index (χ1n) is 5.66. The van der Waals surface area contributed by atoms with E-state index in [1.54, 1.807) is 13.0 Å². The molecule has 0 bridgehead atoms. The van der Waals surface area contributed by atoms with Gasteiger partial charge < -0.3 is 10.4 Å². The first-order chi connectivity index (χ1) is 8.06. The monoisotopic (exact) mass is 254 g/mol. The Bertz CT molecular complexity index is 412. The van der Waals surface area contributed by atoms with Crippen LogP contribution in [0.1, 0.15) is 28.9 Å². The van der Waals surface area contributed by atoms with Crippen LogP contribution in [0.15, 0.2) is 12.1 Å². The molecule has 0 aliphatic heterocycles. The lowest BCUT2D eigenvalue weighted by molar-refractivity contribution is 0.0901. The van der Waals surface area contributed by atoms with Gasteiger partial charge in [0.2, 0.25) is 0 Å². The summed E-state index contributed by atoms with van der Waals surface area (Å²) in [7, 11) is 0. The molecule has 4 nitrogen and oxygen atoms in total. The topological polar surface area (TPSA) is 62.2 Å². The van der Waals surface area contributed by atoms with Crippen LogP contribution in [0.3, 0.4) is 0 Å². The largest absolute Gasteiger partial charge is 0.391 e. The van der Waals surface area contributed by atoms with Gasteiger partial charge in [-0.3, -0.25) is 4.79 Å². The van der Waals surface area contributed by atoms with E-state index in [4.69, 9.17) is 11.6 Å². The van der Waals surface area contributed by atoms with E-state index in [9.17, 15) is 9.90 Å². The smallest absolute Gasteiger partial charge is 0.251 e. The van der Waals surface area contributed by atoms with E-state index in [-0.39, 0.29) is 5.91 Å². The van der Waals surface area contributed by atoms with Crippen molar-refractivity contribution in [1.82, 2.24) is 10.3 Å². The van der Waals surface area contributed by atoms with Gasteiger partial charge in [0.15, 0.2) is 0 Å². The number of aliphatic hydroxyl groups is 1. The summed E-state index contributed by atoms with van der Waals surface area (Å²) in [5.41, 5.74) is 1.18. The Balaban J connectivity index is 1.94. The highest BCUT2D eigenvalue weighted by molar-refractivity contribution is 6.29. The number of carbonyl (C=O) groups is 1. The first kappa shape index (κ1) is 12.3. The average molecular weight is 255 g/mol. The Morgan fingerprint density at radius 1 is 1.65 bits per heavy atom. The number of nitrogens with zero attached hydrogens (tertiary/aromatic N) is 1. The third-order valence-electron chi connectivity index (χ3n) is 2.82. The lowest BCUT2D eigenvalue weighted by Crippen LogP contribution is -2.33. The maximum absolute atomic E-state index is 11.8. The van der Waals surface area contributed by atoms with Crippen molar-refractivity contribution in [3.8, 4) is 0 Å². The number of carbonyl (C=O) groups excluding carboxylic acids is 1. The minimum absolute atomic E-state index is 0.225. The lowest BCUT2D eigenvalue weighted by atomic mass is 10.2. The molecule has 0 spiro atoms. The fraction of sp³-hybridized carbons (Fsp3) is 0.500. The third-order valence-corrected chi connectivity index (χ3v) is 3.02. The molecule has 92 valence electrons. The van der Waals surface area contributed by atoms with E-state index >= 15 is 0 Å². The minimum Gasteiger partial charge on any atom is -0.391 e. The van der Waals surface area contributed by atoms with Crippen molar-refractivity contribution in [2.24, 2.45) is 5.92 Å². The molecule has 1 heterocycles. The van der Waals surface area contributed by atoms with Crippen LogP contribution in [0.4, 0.5) is 0 Å². The Morgan fingerprint density at radius 2 is 2.35 bits per heavy atom. The van der Waals surface area contributed by atoms with E-state index in [1.165, 1.54) is 6.07 Å². The van der Waals surface area contributed by atoms with Gasteiger partial charge in [-0.05, 0) is 37.8 Å². The number of aromatic nitrogens is 1. The number of pyridine rings is 1. The van der Waals surface area contributed by atoms with E-state index in [2.05, 4.69) is 10.3 Å². The second-order valence-electron chi connectivity index (χ2n) is 4.43. The highest BCUT2D eigenvalue weighted by Crippen LogP contribution is 2.32. The Labute approximate surface area is 105 Å². The molecule has 5 heteroatoms. The number of hydrogen-bond acceptors (Lipinski definition) is 3. The number of rotatable bonds is 4. The summed E-state index contributed by atoms with van der Waals surface area (Å²) in [5.74, 6) is 0.134. The third kappa shape index (κ3) is 3.41. The van der Waals surface area contributed by atoms with Gasteiger partial charge in [0.25, 0.3) is 5.91 Å². The van der Waals surface area contributed by atoms with E-state index in [0.717, 1.165) is 12.8 Å². The first-order valence-corrected chi connectivity index (χ1v) is 6.04. The molecule has 1 unspecified atom stereocenters. The van der Waals surface area contributed by atoms with Crippen LogP contribution in [0, 0.1) is 12.8 Å². The summed E-state index contributed by atoms with van der Waals surface area (Å²) in [6.07, 6.45) is 1.67. The zero-order valence-electron chi connectivity index (χ0n) is 9.61. The number of nitrogens with one attached hydrogen (secondary N) is 1. The summed E-state index contributed by atoms with van der Waals surface area (Å²) >= 11 is 5.78. The van der Waals surface area contributed by atoms with E-state index in [0.29, 0.717) is 28.9 Å². The molecule has 1 amide bonds. The fourth-order valence-corrected chi connectivity index (χ4v) is 1.96. The SMILES string of the molecule is Cc1cc(C(=O)NCC(O)C2CC2)cc(Cl)n1. The van der Waals surface area contributed by atoms with Gasteiger partial charge in [0, 0.05) is 17.8 Å². The number of hydrogen-bond donors (Lipinski definition) is 2. The maximum Gasteiger partial charge on any atom is 0.251 e. The van der Waals surface area contributed by atoms with Crippen LogP contribution >= 0.6 is 11.6 Å². The minimum atomic E-state index is -0.433. The molecule has 0 aromatic carbocycles. The summed E-state index contributed by atoms with van der Waals surface area (Å²) in [6, 6.07) is 3.19. The highest BCUT2D eigenvalue weighted by atomic mass is 35.5. The molecule has 1 aromatic heterocycles. The van der Waals surface area contributed by atoms with Crippen molar-refractivity contribution >= 4 is 17.5 Å². The van der Waals surface area contributed by atoms with Gasteiger partial charge in [-0.1, -0.05) is 11.6 Å². The number of aryl methyl sites for hydroxylation is 1. The van der Waals surface area contributed by atoms with Crippen LogP contribution in [-0.2, 0) is 0 Å². The van der Waals surface area contributed by atoms with Crippen molar-refractivity contribution < 1.29 is 9.90 Å². The van der Waals surface area contributed by atoms with Crippen LogP contribution in [0.25, 0.3) is 0 Å². The van der Waals surface area contributed by atoms with Crippen molar-refractivity contribution in [2.45, 2.75) is 25.9 Å². The summed E-state index contributed by atoms with van der Waals surface area (Å²) in [5, 5.41) is 12.6. The predicted molar refractivity (Wildman–Crippen MR) is 65.0 cm³/mol. The summed E-state index contributed by atoms with van der Waals surface area (Å²) < 4.78 is 0. The predicted octanol–water partition coefficient (Wildman–Crippen LogP) is 1.54. The second kappa shape index (κ2) is 5.02. The summed E-state index contributed by atoms with van der Waals surface area (Å²) in [6.45, 7) is 2.07. The van der Waals surface area contributed by atoms with Crippen molar-refractivity contribution in [3.05, 3.63) is 28.5 Å². The van der Waals surface area contributed by atoms with Crippen LogP contribution in [0.5, 0.6) is 0 Å². The van der Waals surface area contributed by atoms with Crippen LogP contribution in [0.2, 0.25) is 5.15 Å². The number of amides is 1. The fourth-order valence-electron chi connectivity index (χ4n) is 1.71. The van der Waals surface area contributed by atoms with Gasteiger partial charge >= 0.3 is 0 Å². The Kier molecular flexibility index (Phi) is 3.64. The molecular formula is C12H15ClN2O2. The normalized spacial score (nSPS) is 16.6. The highest BCUT2D eigenvalue weighted by Gasteiger charge is 2.29. The van der Waals surface area contributed by atoms with Gasteiger partial charge in [0.1, 0.15) is 5.15 Å². The van der Waals surface area contributed by atoms with Crippen LogP contribution in [-0.4, -0.2) is 28.6 Å². The molecule has 1 saturated carbocycles. The van der Waals surface area contributed by atoms with Gasteiger partial charge in [-0.15, -0.1) is 0 Å². The standard InChI is InChI=1S/C12H15ClN2O2/c1-7-4-9(5-11(13)15-7)12(17)14-6-10(16)8-2-3-8/h4-5,8,10,16H,2-3,6H2,1H3,(H,14,17). The van der Waals surface area contributed by atoms with Gasteiger partial charge in [-0.25, -0.2) is 4.98 Å². The van der Waals surface area contributed by atoms with Gasteiger partial charge in [-0.2, -0.15) is 0 Å². The molecule has 1 atom stereocenters. The number of halogens is 1. The molecular weight excluding hydrogens is 240 g/mol. The van der Waals surface area contributed by atoms with E-state index < -0.39 is 6.10 Å². The van der Waals surface area contributed by atoms with E-state index in [1.807, 2.05) is 0 Å². The van der Waals surface area contributed by atoms with Crippen LogP contribution < -0.4 is 5.32 Å². The molecule has 1 fully saturated rings. The lowest BCUT2D eigenvalue weighted by Gasteiger charge is -2.10. The average Bonchev–Trinajstić information content (AvgIpc) is 3.07. The molecule has 2 rings (SSSR count). The molecule has 17 heavy (non-hydrogen) atoms. The molecule has 0 radical (unpaired) electrons.